The highest BCUT2D eigenvalue weighted by atomic mass is 35.5. The standard InChI is InChI=1S/C21H17ClN6O3/c1-27-7-6-15-16(9-23)25-28(19(15)21(27)29)10-18-24-20(26-31-18)13-8-17(30-11-13)12-2-4-14(22)5-3-12/h2-7,13,17H,8,10-11H2,1H3/t13-,17+/m0/s1. The van der Waals surface area contributed by atoms with Crippen molar-refractivity contribution in [3.05, 3.63) is 74.9 Å². The number of ether oxygens (including phenoxy) is 1. The van der Waals surface area contributed by atoms with Gasteiger partial charge >= 0.3 is 0 Å². The third-order valence-electron chi connectivity index (χ3n) is 5.46. The summed E-state index contributed by atoms with van der Waals surface area (Å²) in [4.78, 5) is 17.1. The zero-order valence-electron chi connectivity index (χ0n) is 16.5. The summed E-state index contributed by atoms with van der Waals surface area (Å²) in [5.74, 6) is 0.858. The molecular weight excluding hydrogens is 420 g/mol. The number of halogens is 1. The summed E-state index contributed by atoms with van der Waals surface area (Å²) in [6.45, 7) is 0.578. The molecule has 1 aliphatic rings. The smallest absolute Gasteiger partial charge is 0.276 e. The van der Waals surface area contributed by atoms with Gasteiger partial charge in [0.05, 0.1) is 12.7 Å². The van der Waals surface area contributed by atoms with Crippen LogP contribution in [0.15, 0.2) is 45.8 Å². The van der Waals surface area contributed by atoms with Gasteiger partial charge in [-0.3, -0.25) is 4.79 Å². The summed E-state index contributed by atoms with van der Waals surface area (Å²) < 4.78 is 14.2. The molecule has 1 aromatic carbocycles. The largest absolute Gasteiger partial charge is 0.373 e. The maximum atomic E-state index is 12.6. The molecule has 4 heterocycles. The van der Waals surface area contributed by atoms with Crippen molar-refractivity contribution in [3.63, 3.8) is 0 Å². The van der Waals surface area contributed by atoms with E-state index in [9.17, 15) is 10.1 Å². The van der Waals surface area contributed by atoms with Crippen molar-refractivity contribution in [2.75, 3.05) is 6.61 Å². The molecule has 0 amide bonds. The average molecular weight is 437 g/mol. The van der Waals surface area contributed by atoms with Gasteiger partial charge in [-0.05, 0) is 30.2 Å². The number of nitriles is 1. The summed E-state index contributed by atoms with van der Waals surface area (Å²) in [6, 6.07) is 11.3. The molecule has 0 spiro atoms. The normalized spacial score (nSPS) is 18.5. The van der Waals surface area contributed by atoms with Gasteiger partial charge in [-0.2, -0.15) is 15.3 Å². The van der Waals surface area contributed by atoms with Gasteiger partial charge in [-0.25, -0.2) is 4.68 Å². The molecule has 156 valence electrons. The first kappa shape index (κ1) is 19.5. The molecule has 31 heavy (non-hydrogen) atoms. The van der Waals surface area contributed by atoms with Gasteiger partial charge in [0.1, 0.15) is 18.1 Å². The lowest BCUT2D eigenvalue weighted by molar-refractivity contribution is 0.110. The van der Waals surface area contributed by atoms with Crippen LogP contribution in [0.5, 0.6) is 0 Å². The fourth-order valence-electron chi connectivity index (χ4n) is 3.82. The van der Waals surface area contributed by atoms with E-state index in [1.54, 1.807) is 19.3 Å². The third-order valence-corrected chi connectivity index (χ3v) is 5.71. The molecule has 1 saturated heterocycles. The van der Waals surface area contributed by atoms with E-state index >= 15 is 0 Å². The minimum atomic E-state index is -0.249. The van der Waals surface area contributed by atoms with Crippen molar-refractivity contribution in [2.45, 2.75) is 25.0 Å². The Labute approximate surface area is 181 Å². The van der Waals surface area contributed by atoms with E-state index in [1.165, 1.54) is 9.25 Å². The van der Waals surface area contributed by atoms with E-state index in [1.807, 2.05) is 30.3 Å². The lowest BCUT2D eigenvalue weighted by atomic mass is 10.0. The van der Waals surface area contributed by atoms with Gasteiger partial charge in [0.15, 0.2) is 11.5 Å². The molecule has 0 N–H and O–H groups in total. The van der Waals surface area contributed by atoms with Crippen molar-refractivity contribution in [2.24, 2.45) is 7.05 Å². The molecular formula is C21H17ClN6O3. The molecule has 1 aliphatic heterocycles. The van der Waals surface area contributed by atoms with Crippen molar-refractivity contribution in [1.82, 2.24) is 24.5 Å². The molecule has 5 rings (SSSR count). The molecule has 2 atom stereocenters. The lowest BCUT2D eigenvalue weighted by Gasteiger charge is -2.09. The summed E-state index contributed by atoms with van der Waals surface area (Å²) in [7, 11) is 1.65. The summed E-state index contributed by atoms with van der Waals surface area (Å²) in [5.41, 5.74) is 1.32. The first-order valence-electron chi connectivity index (χ1n) is 9.69. The van der Waals surface area contributed by atoms with Crippen molar-refractivity contribution >= 4 is 22.5 Å². The number of benzene rings is 1. The number of fused-ring (bicyclic) bond motifs is 1. The SMILES string of the molecule is Cn1ccc2c(C#N)nn(Cc3nc([C@@H]4CO[C@@H](c5ccc(Cl)cc5)C4)no3)c2c1=O. The Balaban J connectivity index is 1.38. The van der Waals surface area contributed by atoms with Crippen LogP contribution in [0.25, 0.3) is 10.9 Å². The van der Waals surface area contributed by atoms with Crippen LogP contribution in [0.2, 0.25) is 5.02 Å². The van der Waals surface area contributed by atoms with Crippen LogP contribution in [0.3, 0.4) is 0 Å². The Morgan fingerprint density at radius 2 is 2.10 bits per heavy atom. The minimum Gasteiger partial charge on any atom is -0.373 e. The molecule has 0 saturated carbocycles. The fourth-order valence-corrected chi connectivity index (χ4v) is 3.95. The van der Waals surface area contributed by atoms with Gasteiger partial charge in [-0.15, -0.1) is 0 Å². The van der Waals surface area contributed by atoms with Crippen LogP contribution in [0.1, 0.15) is 41.4 Å². The van der Waals surface area contributed by atoms with Crippen molar-refractivity contribution < 1.29 is 9.26 Å². The van der Waals surface area contributed by atoms with Crippen molar-refractivity contribution in [1.29, 1.82) is 5.26 Å². The first-order chi connectivity index (χ1) is 15.0. The predicted octanol–water partition coefficient (Wildman–Crippen LogP) is 2.94. The highest BCUT2D eigenvalue weighted by molar-refractivity contribution is 6.30. The number of nitrogens with zero attached hydrogens (tertiary/aromatic N) is 6. The Bertz CT molecular complexity index is 1360. The van der Waals surface area contributed by atoms with E-state index in [-0.39, 0.29) is 29.8 Å². The third kappa shape index (κ3) is 3.50. The van der Waals surface area contributed by atoms with Crippen LogP contribution >= 0.6 is 11.6 Å². The summed E-state index contributed by atoms with van der Waals surface area (Å²) in [5, 5.41) is 18.9. The van der Waals surface area contributed by atoms with Crippen LogP contribution in [0.4, 0.5) is 0 Å². The number of hydrogen-bond donors (Lipinski definition) is 0. The first-order valence-corrected chi connectivity index (χ1v) is 10.1. The van der Waals surface area contributed by atoms with Gasteiger partial charge in [0.2, 0.25) is 5.89 Å². The highest BCUT2D eigenvalue weighted by Crippen LogP contribution is 2.37. The summed E-state index contributed by atoms with van der Waals surface area (Å²) >= 11 is 5.96. The second kappa shape index (κ2) is 7.65. The fraction of sp³-hybridized carbons (Fsp3) is 0.286. The Hall–Kier alpha value is -3.48. The Morgan fingerprint density at radius 3 is 2.87 bits per heavy atom. The number of hydrogen-bond acceptors (Lipinski definition) is 7. The molecule has 0 unspecified atom stereocenters. The molecule has 0 radical (unpaired) electrons. The maximum absolute atomic E-state index is 12.6. The highest BCUT2D eigenvalue weighted by Gasteiger charge is 2.31. The van der Waals surface area contributed by atoms with Gasteiger partial charge in [0, 0.05) is 29.6 Å². The van der Waals surface area contributed by atoms with E-state index < -0.39 is 0 Å². The molecule has 0 aliphatic carbocycles. The molecule has 9 nitrogen and oxygen atoms in total. The quantitative estimate of drug-likeness (QED) is 0.483. The minimum absolute atomic E-state index is 0.00455. The average Bonchev–Trinajstić information content (AvgIpc) is 3.50. The van der Waals surface area contributed by atoms with E-state index in [0.717, 1.165) is 12.0 Å². The molecule has 3 aromatic heterocycles. The predicted molar refractivity (Wildman–Crippen MR) is 111 cm³/mol. The van der Waals surface area contributed by atoms with E-state index in [0.29, 0.717) is 34.2 Å². The Morgan fingerprint density at radius 1 is 1.29 bits per heavy atom. The summed E-state index contributed by atoms with van der Waals surface area (Å²) in [6.07, 6.45) is 2.28. The number of aryl methyl sites for hydroxylation is 1. The topological polar surface area (TPSA) is 112 Å². The number of pyridine rings is 1. The van der Waals surface area contributed by atoms with Crippen LogP contribution < -0.4 is 5.56 Å². The lowest BCUT2D eigenvalue weighted by Crippen LogP contribution is -2.19. The Kier molecular flexibility index (Phi) is 4.81. The van der Waals surface area contributed by atoms with Gasteiger partial charge in [-0.1, -0.05) is 28.9 Å². The van der Waals surface area contributed by atoms with E-state index in [4.69, 9.17) is 20.9 Å². The molecule has 4 aromatic rings. The zero-order valence-corrected chi connectivity index (χ0v) is 17.3. The second-order valence-electron chi connectivity index (χ2n) is 7.46. The van der Waals surface area contributed by atoms with Crippen molar-refractivity contribution in [3.8, 4) is 6.07 Å². The zero-order chi connectivity index (χ0) is 21.5. The number of rotatable bonds is 4. The maximum Gasteiger partial charge on any atom is 0.276 e. The van der Waals surface area contributed by atoms with Crippen LogP contribution in [-0.2, 0) is 18.3 Å². The molecule has 10 heteroatoms. The van der Waals surface area contributed by atoms with Crippen LogP contribution in [0, 0.1) is 11.3 Å². The number of aromatic nitrogens is 5. The monoisotopic (exact) mass is 436 g/mol. The molecule has 1 fully saturated rings. The second-order valence-corrected chi connectivity index (χ2v) is 7.90. The van der Waals surface area contributed by atoms with E-state index in [2.05, 4.69) is 15.2 Å². The van der Waals surface area contributed by atoms with Gasteiger partial charge in [0.25, 0.3) is 5.56 Å². The van der Waals surface area contributed by atoms with Crippen LogP contribution in [-0.4, -0.2) is 31.1 Å². The van der Waals surface area contributed by atoms with Gasteiger partial charge < -0.3 is 13.8 Å². The molecule has 0 bridgehead atoms.